The molecule has 0 spiro atoms. The maximum absolute atomic E-state index is 14.6. The van der Waals surface area contributed by atoms with Crippen molar-refractivity contribution in [1.29, 1.82) is 0 Å². The number of benzene rings is 2. The summed E-state index contributed by atoms with van der Waals surface area (Å²) in [6.45, 7) is 2.11. The van der Waals surface area contributed by atoms with Crippen LogP contribution in [0.15, 0.2) is 46.7 Å². The lowest BCUT2D eigenvalue weighted by Crippen LogP contribution is -2.41. The molecule has 1 aromatic heterocycles. The van der Waals surface area contributed by atoms with Crippen molar-refractivity contribution >= 4 is 70.6 Å². The van der Waals surface area contributed by atoms with Gasteiger partial charge in [-0.1, -0.05) is 39.7 Å². The first kappa shape index (κ1) is 21.7. The van der Waals surface area contributed by atoms with Gasteiger partial charge in [0.05, 0.1) is 5.69 Å². The van der Waals surface area contributed by atoms with Crippen LogP contribution in [-0.4, -0.2) is 26.9 Å². The highest BCUT2D eigenvalue weighted by molar-refractivity contribution is 9.09. The Bertz CT molecular complexity index is 1250. The van der Waals surface area contributed by atoms with Crippen LogP contribution in [0.25, 0.3) is 10.1 Å². The van der Waals surface area contributed by atoms with Crippen molar-refractivity contribution in [3.63, 3.8) is 0 Å². The van der Waals surface area contributed by atoms with E-state index in [0.717, 1.165) is 27.0 Å². The molecular formula is C20H17BrClFN2O3S2. The van der Waals surface area contributed by atoms with E-state index >= 15 is 0 Å². The lowest BCUT2D eigenvalue weighted by atomic mass is 10.1. The molecule has 0 saturated carbocycles. The van der Waals surface area contributed by atoms with Crippen molar-refractivity contribution < 1.29 is 17.6 Å². The summed E-state index contributed by atoms with van der Waals surface area (Å²) in [5.74, 6) is -0.988. The number of carbonyl (C=O) groups excluding carboxylic acids is 1. The number of carbonyl (C=O) groups is 1. The van der Waals surface area contributed by atoms with E-state index in [-0.39, 0.29) is 27.7 Å². The number of anilines is 1. The zero-order valence-corrected chi connectivity index (χ0v) is 19.7. The Balaban J connectivity index is 1.55. The number of hydrogen-bond donors (Lipinski definition) is 1. The SMILES string of the molecule is CC(Br)c1ccc(N2CCC(NS(=O)(=O)c3cc4ccc(Cl)cc4s3)C2=O)c(F)c1. The summed E-state index contributed by atoms with van der Waals surface area (Å²) in [6, 6.07) is 10.4. The summed E-state index contributed by atoms with van der Waals surface area (Å²) in [6.07, 6.45) is 0.255. The minimum absolute atomic E-state index is 0.0221. The molecule has 0 bridgehead atoms. The van der Waals surface area contributed by atoms with Crippen LogP contribution in [-0.2, 0) is 14.8 Å². The quantitative estimate of drug-likeness (QED) is 0.458. The number of nitrogens with one attached hydrogen (secondary N) is 1. The van der Waals surface area contributed by atoms with E-state index in [1.807, 2.05) is 6.92 Å². The van der Waals surface area contributed by atoms with Gasteiger partial charge in [0, 0.05) is 21.1 Å². The second-order valence-corrected chi connectivity index (χ2v) is 11.9. The summed E-state index contributed by atoms with van der Waals surface area (Å²) in [4.78, 5) is 14.1. The Hall–Kier alpha value is -1.52. The highest BCUT2D eigenvalue weighted by Crippen LogP contribution is 2.33. The fourth-order valence-electron chi connectivity index (χ4n) is 3.38. The molecule has 1 amide bonds. The van der Waals surface area contributed by atoms with Gasteiger partial charge in [-0.2, -0.15) is 4.72 Å². The van der Waals surface area contributed by atoms with E-state index in [1.54, 1.807) is 36.4 Å². The summed E-state index contributed by atoms with van der Waals surface area (Å²) >= 11 is 10.4. The van der Waals surface area contributed by atoms with Gasteiger partial charge in [0.2, 0.25) is 5.91 Å². The predicted octanol–water partition coefficient (Wildman–Crippen LogP) is 5.23. The van der Waals surface area contributed by atoms with Gasteiger partial charge in [-0.25, -0.2) is 12.8 Å². The van der Waals surface area contributed by atoms with Gasteiger partial charge in [0.15, 0.2) is 0 Å². The van der Waals surface area contributed by atoms with E-state index in [9.17, 15) is 17.6 Å². The van der Waals surface area contributed by atoms with Gasteiger partial charge < -0.3 is 4.90 Å². The third kappa shape index (κ3) is 4.13. The maximum Gasteiger partial charge on any atom is 0.250 e. The molecule has 0 radical (unpaired) electrons. The van der Waals surface area contributed by atoms with Crippen molar-refractivity contribution in [3.05, 3.63) is 58.9 Å². The number of amides is 1. The van der Waals surface area contributed by atoms with Crippen LogP contribution in [0, 0.1) is 5.82 Å². The number of hydrogen-bond acceptors (Lipinski definition) is 4. The average Bonchev–Trinajstić information content (AvgIpc) is 3.26. The van der Waals surface area contributed by atoms with Crippen molar-refractivity contribution in [1.82, 2.24) is 4.72 Å². The molecule has 3 aromatic rings. The highest BCUT2D eigenvalue weighted by Gasteiger charge is 2.37. The zero-order chi connectivity index (χ0) is 21.6. The summed E-state index contributed by atoms with van der Waals surface area (Å²) in [5, 5.41) is 1.28. The Labute approximate surface area is 191 Å². The van der Waals surface area contributed by atoms with Gasteiger partial charge in [-0.15, -0.1) is 11.3 Å². The Morgan fingerprint density at radius 3 is 2.73 bits per heavy atom. The average molecular weight is 532 g/mol. The van der Waals surface area contributed by atoms with Crippen LogP contribution < -0.4 is 9.62 Å². The van der Waals surface area contributed by atoms with Gasteiger partial charge >= 0.3 is 0 Å². The lowest BCUT2D eigenvalue weighted by Gasteiger charge is -2.19. The zero-order valence-electron chi connectivity index (χ0n) is 15.7. The van der Waals surface area contributed by atoms with Crippen LogP contribution in [0.1, 0.15) is 23.7 Å². The molecule has 30 heavy (non-hydrogen) atoms. The van der Waals surface area contributed by atoms with E-state index in [1.165, 1.54) is 11.0 Å². The molecule has 1 aliphatic heterocycles. The number of halogens is 3. The van der Waals surface area contributed by atoms with Gasteiger partial charge in [-0.05, 0) is 54.6 Å². The highest BCUT2D eigenvalue weighted by atomic mass is 79.9. The molecule has 1 N–H and O–H groups in total. The molecule has 158 valence electrons. The normalized spacial score (nSPS) is 18.3. The minimum atomic E-state index is -3.91. The van der Waals surface area contributed by atoms with Crippen LogP contribution in [0.5, 0.6) is 0 Å². The lowest BCUT2D eigenvalue weighted by molar-refractivity contribution is -0.118. The van der Waals surface area contributed by atoms with E-state index in [0.29, 0.717) is 5.02 Å². The van der Waals surface area contributed by atoms with Crippen LogP contribution in [0.2, 0.25) is 5.02 Å². The molecule has 1 fully saturated rings. The van der Waals surface area contributed by atoms with Crippen LogP contribution in [0.4, 0.5) is 10.1 Å². The maximum atomic E-state index is 14.6. The summed E-state index contributed by atoms with van der Waals surface area (Å²) in [5.41, 5.74) is 0.903. The third-order valence-electron chi connectivity index (χ3n) is 4.95. The molecular weight excluding hydrogens is 515 g/mol. The van der Waals surface area contributed by atoms with Crippen molar-refractivity contribution in [2.24, 2.45) is 0 Å². The Morgan fingerprint density at radius 1 is 1.27 bits per heavy atom. The molecule has 4 rings (SSSR count). The fourth-order valence-corrected chi connectivity index (χ4v) is 6.58. The van der Waals surface area contributed by atoms with E-state index < -0.39 is 27.8 Å². The molecule has 2 aromatic carbocycles. The molecule has 2 heterocycles. The molecule has 0 aliphatic carbocycles. The molecule has 2 atom stereocenters. The van der Waals surface area contributed by atoms with Crippen molar-refractivity contribution in [2.45, 2.75) is 28.4 Å². The number of alkyl halides is 1. The molecule has 5 nitrogen and oxygen atoms in total. The first-order valence-corrected chi connectivity index (χ1v) is 12.7. The van der Waals surface area contributed by atoms with Crippen LogP contribution in [0.3, 0.4) is 0 Å². The topological polar surface area (TPSA) is 66.5 Å². The minimum Gasteiger partial charge on any atom is -0.308 e. The standard InChI is InChI=1S/C20H17BrClFN2O3S2/c1-11(21)12-3-5-17(15(23)8-12)25-7-6-16(20(25)26)24-30(27,28)19-9-13-2-4-14(22)10-18(13)29-19/h2-5,8-11,16,24H,6-7H2,1H3. The Kier molecular flexibility index (Phi) is 5.93. The Morgan fingerprint density at radius 2 is 2.03 bits per heavy atom. The first-order chi connectivity index (χ1) is 14.2. The number of sulfonamides is 1. The van der Waals surface area contributed by atoms with Gasteiger partial charge in [0.25, 0.3) is 10.0 Å². The number of fused-ring (bicyclic) bond motifs is 1. The summed E-state index contributed by atoms with van der Waals surface area (Å²) in [7, 11) is -3.91. The molecule has 1 saturated heterocycles. The second-order valence-electron chi connectivity index (χ2n) is 7.03. The van der Waals surface area contributed by atoms with Crippen molar-refractivity contribution in [3.8, 4) is 0 Å². The van der Waals surface area contributed by atoms with Crippen LogP contribution >= 0.6 is 38.9 Å². The second kappa shape index (κ2) is 8.20. The number of thiophene rings is 1. The number of rotatable bonds is 5. The molecule has 2 unspecified atom stereocenters. The van der Waals surface area contributed by atoms with Gasteiger partial charge in [-0.3, -0.25) is 4.79 Å². The third-order valence-corrected chi connectivity index (χ3v) is 8.76. The fraction of sp³-hybridized carbons (Fsp3) is 0.250. The summed E-state index contributed by atoms with van der Waals surface area (Å²) < 4.78 is 43.5. The number of nitrogens with zero attached hydrogens (tertiary/aromatic N) is 1. The predicted molar refractivity (Wildman–Crippen MR) is 122 cm³/mol. The van der Waals surface area contributed by atoms with Gasteiger partial charge in [0.1, 0.15) is 16.1 Å². The van der Waals surface area contributed by atoms with E-state index in [4.69, 9.17) is 11.6 Å². The largest absolute Gasteiger partial charge is 0.308 e. The first-order valence-electron chi connectivity index (χ1n) is 9.12. The molecule has 1 aliphatic rings. The smallest absolute Gasteiger partial charge is 0.250 e. The monoisotopic (exact) mass is 530 g/mol. The molecule has 10 heteroatoms. The van der Waals surface area contributed by atoms with Crippen molar-refractivity contribution in [2.75, 3.05) is 11.4 Å². The van der Waals surface area contributed by atoms with E-state index in [2.05, 4.69) is 20.7 Å².